The molecule has 4 rings (SSSR count). The van der Waals surface area contributed by atoms with Crippen molar-refractivity contribution >= 4 is 11.7 Å². The fourth-order valence-electron chi connectivity index (χ4n) is 3.53. The first-order valence-corrected chi connectivity index (χ1v) is 9.60. The number of aromatic nitrogens is 3. The molecule has 1 aliphatic rings. The Morgan fingerprint density at radius 3 is 2.81 bits per heavy atom. The largest absolute Gasteiger partial charge is 0.497 e. The molecule has 0 spiro atoms. The van der Waals surface area contributed by atoms with Crippen LogP contribution in [0.3, 0.4) is 0 Å². The number of carbonyl (C=O) groups excluding carboxylic acids is 1. The van der Waals surface area contributed by atoms with Crippen LogP contribution in [0.25, 0.3) is 0 Å². The summed E-state index contributed by atoms with van der Waals surface area (Å²) in [5.74, 6) is 0.106. The fourth-order valence-corrected chi connectivity index (χ4v) is 3.53. The van der Waals surface area contributed by atoms with Crippen molar-refractivity contribution in [3.8, 4) is 5.75 Å². The van der Waals surface area contributed by atoms with Crippen molar-refractivity contribution in [1.82, 2.24) is 20.1 Å². The molecule has 31 heavy (non-hydrogen) atoms. The monoisotopic (exact) mass is 431 g/mol. The molecule has 2 aromatic heterocycles. The van der Waals surface area contributed by atoms with Crippen molar-refractivity contribution in [2.45, 2.75) is 31.2 Å². The van der Waals surface area contributed by atoms with Gasteiger partial charge >= 0.3 is 6.18 Å². The summed E-state index contributed by atoms with van der Waals surface area (Å²) in [4.78, 5) is 16.6. The zero-order valence-electron chi connectivity index (χ0n) is 16.6. The number of rotatable bonds is 5. The van der Waals surface area contributed by atoms with Crippen LogP contribution in [-0.2, 0) is 6.54 Å². The minimum atomic E-state index is -4.53. The molecule has 10 heteroatoms. The normalized spacial score (nSPS) is 18.1. The quantitative estimate of drug-likeness (QED) is 0.641. The summed E-state index contributed by atoms with van der Waals surface area (Å²) in [6, 6.07) is 11.0. The second-order valence-corrected chi connectivity index (χ2v) is 7.13. The topological polar surface area (TPSA) is 81.1 Å². The van der Waals surface area contributed by atoms with Crippen LogP contribution >= 0.6 is 0 Å². The van der Waals surface area contributed by atoms with Gasteiger partial charge in [0.05, 0.1) is 25.4 Å². The number of carbonyl (C=O) groups is 1. The maximum atomic E-state index is 13.8. The third-order valence-corrected chi connectivity index (χ3v) is 5.07. The van der Waals surface area contributed by atoms with E-state index in [2.05, 4.69) is 20.7 Å². The molecule has 0 saturated heterocycles. The van der Waals surface area contributed by atoms with Crippen LogP contribution in [0.2, 0.25) is 0 Å². The van der Waals surface area contributed by atoms with E-state index < -0.39 is 24.2 Å². The van der Waals surface area contributed by atoms with Gasteiger partial charge in [0.1, 0.15) is 11.6 Å². The molecule has 1 aromatic carbocycles. The summed E-state index contributed by atoms with van der Waals surface area (Å²) >= 11 is 0. The van der Waals surface area contributed by atoms with Crippen molar-refractivity contribution in [2.24, 2.45) is 0 Å². The highest BCUT2D eigenvalue weighted by Gasteiger charge is 2.46. The number of hydrogen-bond donors (Lipinski definition) is 2. The molecule has 0 fully saturated rings. The number of alkyl halides is 3. The minimum Gasteiger partial charge on any atom is -0.497 e. The third kappa shape index (κ3) is 4.47. The average molecular weight is 431 g/mol. The van der Waals surface area contributed by atoms with Crippen molar-refractivity contribution < 1.29 is 22.7 Å². The molecule has 0 unspecified atom stereocenters. The van der Waals surface area contributed by atoms with Crippen LogP contribution in [0.15, 0.2) is 54.7 Å². The van der Waals surface area contributed by atoms with Gasteiger partial charge in [0.15, 0.2) is 11.7 Å². The van der Waals surface area contributed by atoms with Crippen LogP contribution in [0.5, 0.6) is 5.75 Å². The number of halogens is 3. The van der Waals surface area contributed by atoms with E-state index >= 15 is 0 Å². The molecule has 0 bridgehead atoms. The van der Waals surface area contributed by atoms with E-state index in [4.69, 9.17) is 4.74 Å². The Labute approximate surface area is 176 Å². The van der Waals surface area contributed by atoms with E-state index in [0.29, 0.717) is 17.0 Å². The van der Waals surface area contributed by atoms with Crippen LogP contribution in [-0.4, -0.2) is 34.0 Å². The van der Waals surface area contributed by atoms with Gasteiger partial charge in [0, 0.05) is 18.7 Å². The standard InChI is InChI=1S/C21H20F3N5O2/c1-31-15-7-4-5-13(9-15)16-10-18(21(22,23)24)29-19(27-16)11-17(28-29)20(30)26-12-14-6-2-3-8-25-14/h2-9,11,16,18,27H,10,12H2,1H3,(H,26,30)/t16-,18-/m1/s1. The van der Waals surface area contributed by atoms with Gasteiger partial charge in [-0.2, -0.15) is 18.3 Å². The molecule has 2 N–H and O–H groups in total. The van der Waals surface area contributed by atoms with Crippen LogP contribution in [0, 0.1) is 0 Å². The lowest BCUT2D eigenvalue weighted by Gasteiger charge is -2.33. The lowest BCUT2D eigenvalue weighted by atomic mass is 9.97. The first-order valence-electron chi connectivity index (χ1n) is 9.60. The predicted molar refractivity (Wildman–Crippen MR) is 107 cm³/mol. The van der Waals surface area contributed by atoms with Gasteiger partial charge in [-0.05, 0) is 29.8 Å². The molecule has 1 amide bonds. The number of nitrogens with one attached hydrogen (secondary N) is 2. The summed E-state index contributed by atoms with van der Waals surface area (Å²) < 4.78 is 47.5. The Balaban J connectivity index is 1.59. The Hall–Kier alpha value is -3.56. The van der Waals surface area contributed by atoms with Crippen molar-refractivity contribution in [3.05, 3.63) is 71.7 Å². The van der Waals surface area contributed by atoms with Crippen molar-refractivity contribution in [3.63, 3.8) is 0 Å². The lowest BCUT2D eigenvalue weighted by Crippen LogP contribution is -2.35. The van der Waals surface area contributed by atoms with Crippen molar-refractivity contribution in [1.29, 1.82) is 0 Å². The number of fused-ring (bicyclic) bond motifs is 1. The van der Waals surface area contributed by atoms with E-state index in [9.17, 15) is 18.0 Å². The van der Waals surface area contributed by atoms with Crippen molar-refractivity contribution in [2.75, 3.05) is 12.4 Å². The molecule has 0 radical (unpaired) electrons. The Morgan fingerprint density at radius 2 is 2.10 bits per heavy atom. The van der Waals surface area contributed by atoms with Crippen LogP contribution in [0.4, 0.5) is 19.0 Å². The minimum absolute atomic E-state index is 0.0982. The second-order valence-electron chi connectivity index (χ2n) is 7.13. The Morgan fingerprint density at radius 1 is 1.26 bits per heavy atom. The first-order chi connectivity index (χ1) is 14.8. The number of ether oxygens (including phenoxy) is 1. The number of amides is 1. The molecule has 3 aromatic rings. The molecule has 0 aliphatic carbocycles. The predicted octanol–water partition coefficient (Wildman–Crippen LogP) is 3.88. The number of methoxy groups -OCH3 is 1. The molecule has 0 saturated carbocycles. The first kappa shape index (κ1) is 20.7. The van der Waals surface area contributed by atoms with Crippen LogP contribution < -0.4 is 15.4 Å². The van der Waals surface area contributed by atoms with Gasteiger partial charge in [-0.3, -0.25) is 9.78 Å². The molecular weight excluding hydrogens is 411 g/mol. The van der Waals surface area contributed by atoms with Gasteiger partial charge in [0.25, 0.3) is 5.91 Å². The lowest BCUT2D eigenvalue weighted by molar-refractivity contribution is -0.173. The zero-order chi connectivity index (χ0) is 22.0. The molecule has 2 atom stereocenters. The van der Waals surface area contributed by atoms with E-state index in [1.54, 1.807) is 48.7 Å². The summed E-state index contributed by atoms with van der Waals surface area (Å²) in [5, 5.41) is 9.65. The molecule has 162 valence electrons. The molecule has 7 nitrogen and oxygen atoms in total. The van der Waals surface area contributed by atoms with Gasteiger partial charge in [-0.25, -0.2) is 4.68 Å². The smallest absolute Gasteiger partial charge is 0.410 e. The SMILES string of the molecule is COc1cccc([C@H]2C[C@H](C(F)(F)F)n3nc(C(=O)NCc4ccccn4)cc3N2)c1. The average Bonchev–Trinajstić information content (AvgIpc) is 3.21. The molecule has 1 aliphatic heterocycles. The molecule has 3 heterocycles. The summed E-state index contributed by atoms with van der Waals surface area (Å²) in [6.45, 7) is 0.143. The van der Waals surface area contributed by atoms with E-state index in [1.165, 1.54) is 13.2 Å². The fraction of sp³-hybridized carbons (Fsp3) is 0.286. The Bertz CT molecular complexity index is 1070. The maximum Gasteiger partial charge on any atom is 0.410 e. The summed E-state index contributed by atoms with van der Waals surface area (Å²) in [5.41, 5.74) is 1.19. The van der Waals surface area contributed by atoms with E-state index in [-0.39, 0.29) is 24.5 Å². The van der Waals surface area contributed by atoms with E-state index in [0.717, 1.165) is 4.68 Å². The zero-order valence-corrected chi connectivity index (χ0v) is 16.6. The molecular formula is C21H20F3N5O2. The van der Waals surface area contributed by atoms with Gasteiger partial charge < -0.3 is 15.4 Å². The summed E-state index contributed by atoms with van der Waals surface area (Å²) in [7, 11) is 1.50. The number of nitrogens with zero attached hydrogens (tertiary/aromatic N) is 3. The maximum absolute atomic E-state index is 13.8. The highest BCUT2D eigenvalue weighted by atomic mass is 19.4. The highest BCUT2D eigenvalue weighted by molar-refractivity contribution is 5.93. The Kier molecular flexibility index (Phi) is 5.53. The van der Waals surface area contributed by atoms with Gasteiger partial charge in [0.2, 0.25) is 0 Å². The number of anilines is 1. The highest BCUT2D eigenvalue weighted by Crippen LogP contribution is 2.43. The number of hydrogen-bond acceptors (Lipinski definition) is 5. The van der Waals surface area contributed by atoms with Gasteiger partial charge in [-0.15, -0.1) is 0 Å². The second kappa shape index (κ2) is 8.29. The van der Waals surface area contributed by atoms with Gasteiger partial charge in [-0.1, -0.05) is 18.2 Å². The summed E-state index contributed by atoms with van der Waals surface area (Å²) in [6.07, 6.45) is -3.20. The number of pyridine rings is 1. The van der Waals surface area contributed by atoms with Crippen LogP contribution in [0.1, 0.15) is 40.3 Å². The third-order valence-electron chi connectivity index (χ3n) is 5.07. The number of benzene rings is 1. The van der Waals surface area contributed by atoms with E-state index in [1.807, 2.05) is 0 Å².